The van der Waals surface area contributed by atoms with E-state index in [0.29, 0.717) is 11.8 Å². The highest BCUT2D eigenvalue weighted by atomic mass is 16.5. The van der Waals surface area contributed by atoms with Gasteiger partial charge >= 0.3 is 5.97 Å². The zero-order chi connectivity index (χ0) is 13.2. The van der Waals surface area contributed by atoms with Gasteiger partial charge in [-0.15, -0.1) is 10.2 Å². The van der Waals surface area contributed by atoms with Crippen LogP contribution in [0.2, 0.25) is 0 Å². The van der Waals surface area contributed by atoms with E-state index >= 15 is 0 Å². The molecule has 1 rings (SSSR count). The molecule has 0 saturated heterocycles. The molecule has 18 heavy (non-hydrogen) atoms. The Morgan fingerprint density at radius 2 is 1.94 bits per heavy atom. The first-order valence-corrected chi connectivity index (χ1v) is 6.33. The van der Waals surface area contributed by atoms with Gasteiger partial charge in [0, 0.05) is 6.42 Å². The van der Waals surface area contributed by atoms with Gasteiger partial charge in [0.25, 0.3) is 0 Å². The van der Waals surface area contributed by atoms with Gasteiger partial charge in [0.1, 0.15) is 13.2 Å². The van der Waals surface area contributed by atoms with Gasteiger partial charge in [-0.25, -0.2) is 4.79 Å². The third-order valence-corrected chi connectivity index (χ3v) is 2.45. The Bertz CT molecular complexity index is 352. The van der Waals surface area contributed by atoms with Gasteiger partial charge < -0.3 is 14.3 Å². The first kappa shape index (κ1) is 14.6. The SMILES string of the molecule is CCCCCCCc1nnc(COCC(=O)O)o1. The molecule has 1 aromatic rings. The zero-order valence-electron chi connectivity index (χ0n) is 10.7. The summed E-state index contributed by atoms with van der Waals surface area (Å²) in [6, 6.07) is 0. The summed E-state index contributed by atoms with van der Waals surface area (Å²) in [4.78, 5) is 10.2. The molecule has 0 unspecified atom stereocenters. The molecular weight excluding hydrogens is 236 g/mol. The Balaban J connectivity index is 2.15. The summed E-state index contributed by atoms with van der Waals surface area (Å²) < 4.78 is 10.2. The molecule has 1 heterocycles. The van der Waals surface area contributed by atoms with Gasteiger partial charge in [-0.1, -0.05) is 32.6 Å². The summed E-state index contributed by atoms with van der Waals surface area (Å²) in [5, 5.41) is 16.1. The Kier molecular flexibility index (Phi) is 7.01. The van der Waals surface area contributed by atoms with E-state index in [4.69, 9.17) is 14.3 Å². The van der Waals surface area contributed by atoms with Crippen molar-refractivity contribution in [2.45, 2.75) is 52.1 Å². The van der Waals surface area contributed by atoms with Gasteiger partial charge in [-0.2, -0.15) is 0 Å². The van der Waals surface area contributed by atoms with Crippen molar-refractivity contribution < 1.29 is 19.1 Å². The lowest BCUT2D eigenvalue weighted by Crippen LogP contribution is -2.06. The summed E-state index contributed by atoms with van der Waals surface area (Å²) in [5.74, 6) is -0.0779. The maximum absolute atomic E-state index is 10.2. The first-order chi connectivity index (χ1) is 8.72. The van der Waals surface area contributed by atoms with Crippen molar-refractivity contribution in [1.29, 1.82) is 0 Å². The van der Waals surface area contributed by atoms with Gasteiger partial charge in [0.2, 0.25) is 11.8 Å². The van der Waals surface area contributed by atoms with Crippen molar-refractivity contribution in [2.24, 2.45) is 0 Å². The molecule has 0 aliphatic heterocycles. The highest BCUT2D eigenvalue weighted by Crippen LogP contribution is 2.08. The molecule has 0 aromatic carbocycles. The minimum atomic E-state index is -1.01. The lowest BCUT2D eigenvalue weighted by atomic mass is 10.1. The maximum atomic E-state index is 10.2. The van der Waals surface area contributed by atoms with E-state index in [1.807, 2.05) is 0 Å². The van der Waals surface area contributed by atoms with E-state index in [1.165, 1.54) is 25.7 Å². The molecule has 0 atom stereocenters. The number of hydrogen-bond donors (Lipinski definition) is 1. The molecule has 1 aromatic heterocycles. The molecule has 6 heteroatoms. The topological polar surface area (TPSA) is 85.5 Å². The molecule has 0 fully saturated rings. The Morgan fingerprint density at radius 3 is 2.67 bits per heavy atom. The van der Waals surface area contributed by atoms with Crippen LogP contribution in [0.15, 0.2) is 4.42 Å². The van der Waals surface area contributed by atoms with Crippen molar-refractivity contribution in [2.75, 3.05) is 6.61 Å². The lowest BCUT2D eigenvalue weighted by Gasteiger charge is -1.97. The van der Waals surface area contributed by atoms with E-state index in [1.54, 1.807) is 0 Å². The number of carboxylic acid groups (broad SMARTS) is 1. The van der Waals surface area contributed by atoms with Gasteiger partial charge in [-0.3, -0.25) is 0 Å². The van der Waals surface area contributed by atoms with Crippen LogP contribution in [0.25, 0.3) is 0 Å². The summed E-state index contributed by atoms with van der Waals surface area (Å²) in [5.41, 5.74) is 0. The average Bonchev–Trinajstić information content (AvgIpc) is 2.76. The number of aliphatic carboxylic acids is 1. The quantitative estimate of drug-likeness (QED) is 0.646. The van der Waals surface area contributed by atoms with Crippen LogP contribution < -0.4 is 0 Å². The smallest absolute Gasteiger partial charge is 0.329 e. The molecule has 1 N–H and O–H groups in total. The Morgan fingerprint density at radius 1 is 1.22 bits per heavy atom. The normalized spacial score (nSPS) is 10.7. The fraction of sp³-hybridized carbons (Fsp3) is 0.750. The number of aromatic nitrogens is 2. The fourth-order valence-electron chi connectivity index (χ4n) is 1.55. The van der Waals surface area contributed by atoms with E-state index < -0.39 is 5.97 Å². The zero-order valence-corrected chi connectivity index (χ0v) is 10.7. The van der Waals surface area contributed by atoms with Gasteiger partial charge in [0.05, 0.1) is 0 Å². The molecule has 0 aliphatic rings. The van der Waals surface area contributed by atoms with E-state index in [-0.39, 0.29) is 13.2 Å². The number of nitrogens with zero attached hydrogens (tertiary/aromatic N) is 2. The third-order valence-electron chi connectivity index (χ3n) is 2.45. The number of carboxylic acids is 1. The van der Waals surface area contributed by atoms with Crippen LogP contribution in [0.5, 0.6) is 0 Å². The van der Waals surface area contributed by atoms with Crippen molar-refractivity contribution in [1.82, 2.24) is 10.2 Å². The summed E-state index contributed by atoms with van der Waals surface area (Å²) in [6.45, 7) is 1.88. The maximum Gasteiger partial charge on any atom is 0.329 e. The van der Waals surface area contributed by atoms with Gasteiger partial charge in [0.15, 0.2) is 0 Å². The molecule has 0 radical (unpaired) electrons. The number of rotatable bonds is 10. The molecule has 6 nitrogen and oxygen atoms in total. The highest BCUT2D eigenvalue weighted by Gasteiger charge is 2.06. The fourth-order valence-corrected chi connectivity index (χ4v) is 1.55. The molecule has 0 amide bonds. The van der Waals surface area contributed by atoms with Crippen LogP contribution in [0.4, 0.5) is 0 Å². The Hall–Kier alpha value is -1.43. The van der Waals surface area contributed by atoms with Crippen LogP contribution in [-0.4, -0.2) is 27.9 Å². The second kappa shape index (κ2) is 8.63. The van der Waals surface area contributed by atoms with E-state index in [0.717, 1.165) is 12.8 Å². The van der Waals surface area contributed by atoms with Crippen LogP contribution in [0, 0.1) is 0 Å². The summed E-state index contributed by atoms with van der Waals surface area (Å²) >= 11 is 0. The van der Waals surface area contributed by atoms with E-state index in [9.17, 15) is 4.79 Å². The largest absolute Gasteiger partial charge is 0.480 e. The number of aryl methyl sites for hydroxylation is 1. The average molecular weight is 256 g/mol. The van der Waals surface area contributed by atoms with Crippen LogP contribution in [0.1, 0.15) is 50.8 Å². The molecule has 0 spiro atoms. The number of hydrogen-bond acceptors (Lipinski definition) is 5. The molecule has 102 valence electrons. The summed E-state index contributed by atoms with van der Waals surface area (Å²) in [7, 11) is 0. The number of carbonyl (C=O) groups is 1. The predicted octanol–water partition coefficient (Wildman–Crippen LogP) is 2.18. The standard InChI is InChI=1S/C12H20N2O4/c1-2-3-4-5-6-7-10-13-14-11(18-10)8-17-9-12(15)16/h2-9H2,1H3,(H,15,16). The van der Waals surface area contributed by atoms with Gasteiger partial charge in [-0.05, 0) is 6.42 Å². The van der Waals surface area contributed by atoms with Crippen molar-refractivity contribution in [3.63, 3.8) is 0 Å². The van der Waals surface area contributed by atoms with Crippen LogP contribution in [-0.2, 0) is 22.6 Å². The third kappa shape index (κ3) is 6.34. The minimum absolute atomic E-state index is 0.0507. The van der Waals surface area contributed by atoms with Crippen molar-refractivity contribution >= 4 is 5.97 Å². The van der Waals surface area contributed by atoms with E-state index in [2.05, 4.69) is 17.1 Å². The van der Waals surface area contributed by atoms with Crippen LogP contribution >= 0.6 is 0 Å². The first-order valence-electron chi connectivity index (χ1n) is 6.33. The predicted molar refractivity (Wildman–Crippen MR) is 64.1 cm³/mol. The minimum Gasteiger partial charge on any atom is -0.480 e. The second-order valence-corrected chi connectivity index (χ2v) is 4.14. The highest BCUT2D eigenvalue weighted by molar-refractivity contribution is 5.67. The second-order valence-electron chi connectivity index (χ2n) is 4.14. The lowest BCUT2D eigenvalue weighted by molar-refractivity contribution is -0.142. The molecule has 0 saturated carbocycles. The van der Waals surface area contributed by atoms with Crippen molar-refractivity contribution in [3.8, 4) is 0 Å². The van der Waals surface area contributed by atoms with Crippen LogP contribution in [0.3, 0.4) is 0 Å². The molecule has 0 aliphatic carbocycles. The monoisotopic (exact) mass is 256 g/mol. The Labute approximate surface area is 106 Å². The number of ether oxygens (including phenoxy) is 1. The van der Waals surface area contributed by atoms with Crippen molar-refractivity contribution in [3.05, 3.63) is 11.8 Å². The summed E-state index contributed by atoms with van der Waals surface area (Å²) in [6.07, 6.45) is 6.71. The number of unbranched alkanes of at least 4 members (excludes halogenated alkanes) is 4. The molecular formula is C12H20N2O4. The molecule has 0 bridgehead atoms.